The summed E-state index contributed by atoms with van der Waals surface area (Å²) >= 11 is 0. The Morgan fingerprint density at radius 2 is 0.946 bits per heavy atom. The van der Waals surface area contributed by atoms with Crippen molar-refractivity contribution in [3.05, 3.63) is 0 Å². The highest BCUT2D eigenvalue weighted by molar-refractivity contribution is 5.84. The third-order valence-corrected chi connectivity index (χ3v) is 9.08. The zero-order valence-electron chi connectivity index (χ0n) is 34.0. The Bertz CT molecular complexity index is 1020. The number of ether oxygens (including phenoxy) is 4. The average Bonchev–Trinajstić information content (AvgIpc) is 3.17. The largest absolute Gasteiger partial charge is 0.480 e. The van der Waals surface area contributed by atoms with E-state index in [1.165, 1.54) is 51.4 Å². The Morgan fingerprint density at radius 1 is 0.482 bits per heavy atom. The zero-order chi connectivity index (χ0) is 41.3. The summed E-state index contributed by atoms with van der Waals surface area (Å²) in [6.45, 7) is 3.47. The van der Waals surface area contributed by atoms with Crippen molar-refractivity contribution in [2.45, 2.75) is 153 Å². The molecule has 8 N–H and O–H groups in total. The van der Waals surface area contributed by atoms with Gasteiger partial charge in [-0.25, -0.2) is 9.59 Å². The van der Waals surface area contributed by atoms with E-state index in [1.54, 1.807) is 0 Å². The lowest BCUT2D eigenvalue weighted by Crippen LogP contribution is -2.64. The third-order valence-electron chi connectivity index (χ3n) is 9.08. The fourth-order valence-electron chi connectivity index (χ4n) is 5.67. The number of hydrogen-bond acceptors (Lipinski definition) is 10. The van der Waals surface area contributed by atoms with Crippen molar-refractivity contribution in [1.82, 2.24) is 16.0 Å². The molecule has 0 bridgehead atoms. The van der Waals surface area contributed by atoms with Gasteiger partial charge in [0.25, 0.3) is 0 Å². The van der Waals surface area contributed by atoms with Crippen LogP contribution in [0, 0.1) is 0 Å². The van der Waals surface area contributed by atoms with Crippen LogP contribution in [-0.2, 0) is 47.7 Å². The Morgan fingerprint density at radius 3 is 1.46 bits per heavy atom. The molecule has 0 aliphatic heterocycles. The number of hydrogen-bond donors (Lipinski definition) is 6. The van der Waals surface area contributed by atoms with E-state index in [-0.39, 0.29) is 63.2 Å². The van der Waals surface area contributed by atoms with E-state index in [9.17, 15) is 33.9 Å². The van der Waals surface area contributed by atoms with Crippen molar-refractivity contribution < 1.29 is 63.7 Å². The lowest BCUT2D eigenvalue weighted by molar-refractivity contribution is -0.409. The summed E-state index contributed by atoms with van der Waals surface area (Å²) < 4.78 is 21.7. The van der Waals surface area contributed by atoms with E-state index in [0.29, 0.717) is 78.3 Å². The lowest BCUT2D eigenvalue weighted by atomic mass is 10.0. The highest BCUT2D eigenvalue weighted by Gasteiger charge is 2.21. The molecule has 0 aromatic rings. The van der Waals surface area contributed by atoms with Crippen LogP contribution in [0.15, 0.2) is 0 Å². The first kappa shape index (κ1) is 52.8. The molecule has 0 aromatic heterocycles. The Labute approximate surface area is 334 Å². The van der Waals surface area contributed by atoms with Crippen LogP contribution in [0.1, 0.15) is 141 Å². The summed E-state index contributed by atoms with van der Waals surface area (Å²) in [4.78, 5) is 68.9. The van der Waals surface area contributed by atoms with Crippen molar-refractivity contribution in [2.75, 3.05) is 65.9 Å². The number of carboxylic acids is 2. The number of amides is 3. The topological polar surface area (TPSA) is 244 Å². The number of nitrogens with one attached hydrogen (secondary N) is 3. The van der Waals surface area contributed by atoms with E-state index in [2.05, 4.69) is 21.7 Å². The van der Waals surface area contributed by atoms with E-state index >= 15 is 0 Å². The third kappa shape index (κ3) is 37.7. The van der Waals surface area contributed by atoms with Crippen LogP contribution in [0.5, 0.6) is 0 Å². The highest BCUT2D eigenvalue weighted by Crippen LogP contribution is 2.14. The first-order valence-corrected chi connectivity index (χ1v) is 21.0. The molecule has 0 fully saturated rings. The standard InChI is InChI=1S/C40H74N4O12/c41-34(39(49)50)18-15-16-23-42-37(47)22-26-53-28-30-55-32-33-56-31-29-54-27-24-43-36(46)21-20-35(40(51)52)44-38(48)19-14-12-10-8-6-4-2-1-3-5-7-9-11-13-17-25-45/h25,34-35H,1-24,26-33,41H2,(H,42,47)(H,43,46)(H,44,48)(H,49,50)(H,51,52)/p+1/t34-,35?/m0/s1. The van der Waals surface area contributed by atoms with Gasteiger partial charge in [-0.2, -0.15) is 0 Å². The monoisotopic (exact) mass is 804 g/mol. The molecular weight excluding hydrogens is 728 g/mol. The molecule has 0 radical (unpaired) electrons. The summed E-state index contributed by atoms with van der Waals surface area (Å²) in [6.07, 6.45) is 20.1. The first-order valence-electron chi connectivity index (χ1n) is 21.0. The maximum Gasteiger partial charge on any atom is 0.362 e. The van der Waals surface area contributed by atoms with Crippen LogP contribution < -0.4 is 21.7 Å². The van der Waals surface area contributed by atoms with Crippen LogP contribution in [-0.4, -0.2) is 124 Å². The van der Waals surface area contributed by atoms with Crippen LogP contribution >= 0.6 is 0 Å². The SMILES string of the molecule is [NH3+][C@@H](CCCCNC(=O)CCOCCOCCOCCOCCNC(=O)CCC(NC(=O)CCCCCCCCCCCCCCCCC=O)C(=O)O)C(=O)O. The minimum Gasteiger partial charge on any atom is -0.480 e. The van der Waals surface area contributed by atoms with Gasteiger partial charge in [-0.1, -0.05) is 77.0 Å². The second-order valence-corrected chi connectivity index (χ2v) is 14.1. The first-order chi connectivity index (χ1) is 27.2. The number of carbonyl (C=O) groups excluding carboxylic acids is 4. The smallest absolute Gasteiger partial charge is 0.362 e. The van der Waals surface area contributed by atoms with E-state index in [0.717, 1.165) is 38.4 Å². The van der Waals surface area contributed by atoms with Gasteiger partial charge in [-0.05, 0) is 32.1 Å². The van der Waals surface area contributed by atoms with Gasteiger partial charge in [-0.15, -0.1) is 0 Å². The minimum atomic E-state index is -1.16. The predicted octanol–water partition coefficient (Wildman–Crippen LogP) is 3.33. The van der Waals surface area contributed by atoms with Gasteiger partial charge in [0.1, 0.15) is 12.3 Å². The number of carbonyl (C=O) groups is 6. The normalized spacial score (nSPS) is 12.2. The van der Waals surface area contributed by atoms with Crippen molar-refractivity contribution >= 4 is 35.9 Å². The van der Waals surface area contributed by atoms with Crippen molar-refractivity contribution in [2.24, 2.45) is 0 Å². The summed E-state index contributed by atoms with van der Waals surface area (Å²) in [5.74, 6) is -2.81. The van der Waals surface area contributed by atoms with Crippen molar-refractivity contribution in [1.29, 1.82) is 0 Å². The number of unbranched alkanes of at least 4 members (excludes halogenated alkanes) is 15. The molecule has 0 saturated carbocycles. The fourth-order valence-corrected chi connectivity index (χ4v) is 5.67. The Hall–Kier alpha value is -3.18. The van der Waals surface area contributed by atoms with Crippen LogP contribution in [0.3, 0.4) is 0 Å². The molecule has 0 aliphatic rings. The van der Waals surface area contributed by atoms with Crippen LogP contribution in [0.4, 0.5) is 0 Å². The minimum absolute atomic E-state index is 0.00626. The van der Waals surface area contributed by atoms with Gasteiger partial charge in [0.2, 0.25) is 17.7 Å². The molecule has 1 unspecified atom stereocenters. The highest BCUT2D eigenvalue weighted by atomic mass is 16.6. The summed E-state index contributed by atoms with van der Waals surface area (Å²) in [5.41, 5.74) is 3.55. The molecule has 326 valence electrons. The summed E-state index contributed by atoms with van der Waals surface area (Å²) in [5, 5.41) is 26.3. The molecule has 0 aromatic carbocycles. The Kier molecular flexibility index (Phi) is 37.8. The average molecular weight is 804 g/mol. The lowest BCUT2D eigenvalue weighted by Gasteiger charge is -2.14. The Balaban J connectivity index is 3.59. The van der Waals surface area contributed by atoms with Gasteiger partial charge < -0.3 is 55.6 Å². The molecule has 56 heavy (non-hydrogen) atoms. The van der Waals surface area contributed by atoms with Crippen LogP contribution in [0.25, 0.3) is 0 Å². The maximum atomic E-state index is 12.3. The molecule has 0 spiro atoms. The molecule has 0 aliphatic carbocycles. The quantitative estimate of drug-likeness (QED) is 0.0384. The maximum absolute atomic E-state index is 12.3. The van der Waals surface area contributed by atoms with Gasteiger partial charge in [0.05, 0.1) is 52.9 Å². The molecule has 0 heterocycles. The molecular formula is C40H75N4O12+. The van der Waals surface area contributed by atoms with Crippen LogP contribution in [0.2, 0.25) is 0 Å². The molecule has 16 heteroatoms. The van der Waals surface area contributed by atoms with Gasteiger partial charge >= 0.3 is 11.9 Å². The zero-order valence-corrected chi connectivity index (χ0v) is 34.0. The van der Waals surface area contributed by atoms with E-state index in [1.807, 2.05) is 0 Å². The molecule has 0 saturated heterocycles. The number of rotatable bonds is 43. The van der Waals surface area contributed by atoms with Gasteiger partial charge in [0, 0.05) is 45.2 Å². The van der Waals surface area contributed by atoms with Crippen molar-refractivity contribution in [3.8, 4) is 0 Å². The van der Waals surface area contributed by atoms with Gasteiger partial charge in [0.15, 0.2) is 6.04 Å². The molecule has 0 rings (SSSR count). The van der Waals surface area contributed by atoms with E-state index in [4.69, 9.17) is 24.1 Å². The molecule has 2 atom stereocenters. The fraction of sp³-hybridized carbons (Fsp3) is 0.850. The van der Waals surface area contributed by atoms with Gasteiger partial charge in [-0.3, -0.25) is 14.4 Å². The summed E-state index contributed by atoms with van der Waals surface area (Å²) in [6, 6.07) is -1.73. The molecule has 3 amide bonds. The number of aldehydes is 1. The van der Waals surface area contributed by atoms with E-state index < -0.39 is 24.0 Å². The second-order valence-electron chi connectivity index (χ2n) is 14.1. The second kappa shape index (κ2) is 40.0. The number of quaternary nitrogens is 1. The number of carboxylic acid groups (broad SMARTS) is 2. The summed E-state index contributed by atoms with van der Waals surface area (Å²) in [7, 11) is 0. The van der Waals surface area contributed by atoms with Crippen molar-refractivity contribution in [3.63, 3.8) is 0 Å². The number of aliphatic carboxylic acids is 2. The predicted molar refractivity (Wildman–Crippen MR) is 211 cm³/mol. The molecule has 16 nitrogen and oxygen atoms in total.